The summed E-state index contributed by atoms with van der Waals surface area (Å²) in [5.74, 6) is 1.07. The number of aromatic nitrogens is 3. The Balaban J connectivity index is 1.65. The molecule has 0 fully saturated rings. The Labute approximate surface area is 185 Å². The van der Waals surface area contributed by atoms with Crippen LogP contribution in [0.3, 0.4) is 0 Å². The van der Waals surface area contributed by atoms with Crippen LogP contribution in [0.4, 0.5) is 0 Å². The van der Waals surface area contributed by atoms with E-state index in [-0.39, 0.29) is 28.7 Å². The fraction of sp³-hybridized carbons (Fsp3) is 0.250. The van der Waals surface area contributed by atoms with E-state index in [0.29, 0.717) is 17.5 Å². The molecule has 9 nitrogen and oxygen atoms in total. The monoisotopic (exact) mass is 461 g/mol. The van der Waals surface area contributed by atoms with Gasteiger partial charge in [0.15, 0.2) is 0 Å². The summed E-state index contributed by atoms with van der Waals surface area (Å²) in [6.07, 6.45) is 0. The fourth-order valence-electron chi connectivity index (χ4n) is 2.68. The maximum atomic E-state index is 12.8. The molecule has 0 saturated carbocycles. The first-order valence-electron chi connectivity index (χ1n) is 9.40. The number of aromatic amines is 1. The van der Waals surface area contributed by atoms with Gasteiger partial charge in [0.25, 0.3) is 5.91 Å². The summed E-state index contributed by atoms with van der Waals surface area (Å²) in [7, 11) is -2.51. The number of methoxy groups -OCH3 is 1. The Morgan fingerprint density at radius 2 is 1.97 bits per heavy atom. The van der Waals surface area contributed by atoms with Crippen molar-refractivity contribution in [3.63, 3.8) is 0 Å². The number of hydrogen-bond acceptors (Lipinski definition) is 7. The van der Waals surface area contributed by atoms with Crippen LogP contribution in [-0.2, 0) is 16.6 Å². The second-order valence-electron chi connectivity index (χ2n) is 6.48. The van der Waals surface area contributed by atoms with Crippen LogP contribution in [0.15, 0.2) is 58.6 Å². The lowest BCUT2D eigenvalue weighted by Crippen LogP contribution is -2.27. The van der Waals surface area contributed by atoms with E-state index in [9.17, 15) is 13.2 Å². The Bertz CT molecular complexity index is 1130. The van der Waals surface area contributed by atoms with Gasteiger partial charge in [-0.3, -0.25) is 9.89 Å². The molecule has 0 aliphatic heterocycles. The van der Waals surface area contributed by atoms with Crippen LogP contribution in [0.25, 0.3) is 0 Å². The first-order chi connectivity index (χ1) is 14.9. The summed E-state index contributed by atoms with van der Waals surface area (Å²) in [4.78, 5) is 16.6. The SMILES string of the molecule is COc1ccc(C(=O)NCCSc2n[nH]c(C)n2)cc1S(=O)(=O)NCc1ccccc1. The molecule has 0 spiro atoms. The largest absolute Gasteiger partial charge is 0.495 e. The number of carbonyl (C=O) groups excluding carboxylic acids is 1. The van der Waals surface area contributed by atoms with Crippen LogP contribution < -0.4 is 14.8 Å². The predicted molar refractivity (Wildman–Crippen MR) is 118 cm³/mol. The number of H-pyrrole nitrogens is 1. The van der Waals surface area contributed by atoms with Gasteiger partial charge in [-0.15, -0.1) is 5.10 Å². The van der Waals surface area contributed by atoms with Crippen molar-refractivity contribution in [1.29, 1.82) is 0 Å². The van der Waals surface area contributed by atoms with Gasteiger partial charge in [0.2, 0.25) is 15.2 Å². The summed E-state index contributed by atoms with van der Waals surface area (Å²) in [6, 6.07) is 13.5. The van der Waals surface area contributed by atoms with E-state index in [4.69, 9.17) is 4.74 Å². The van der Waals surface area contributed by atoms with Crippen molar-refractivity contribution in [3.05, 3.63) is 65.5 Å². The smallest absolute Gasteiger partial charge is 0.251 e. The molecule has 0 aliphatic rings. The van der Waals surface area contributed by atoms with Crippen LogP contribution >= 0.6 is 11.8 Å². The number of amides is 1. The van der Waals surface area contributed by atoms with Crippen molar-refractivity contribution < 1.29 is 17.9 Å². The molecule has 3 rings (SSSR count). The van der Waals surface area contributed by atoms with E-state index in [0.717, 1.165) is 11.4 Å². The van der Waals surface area contributed by atoms with Gasteiger partial charge in [-0.05, 0) is 30.7 Å². The van der Waals surface area contributed by atoms with Crippen LogP contribution in [0.1, 0.15) is 21.7 Å². The normalized spacial score (nSPS) is 11.3. The molecule has 1 heterocycles. The number of ether oxygens (including phenoxy) is 1. The van der Waals surface area contributed by atoms with Crippen molar-refractivity contribution in [2.24, 2.45) is 0 Å². The van der Waals surface area contributed by atoms with Crippen LogP contribution in [0.2, 0.25) is 0 Å². The molecular formula is C20H23N5O4S2. The van der Waals surface area contributed by atoms with E-state index in [2.05, 4.69) is 25.2 Å². The van der Waals surface area contributed by atoms with Gasteiger partial charge in [-0.1, -0.05) is 42.1 Å². The van der Waals surface area contributed by atoms with Gasteiger partial charge >= 0.3 is 0 Å². The number of hydrogen-bond donors (Lipinski definition) is 3. The van der Waals surface area contributed by atoms with Gasteiger partial charge < -0.3 is 10.1 Å². The van der Waals surface area contributed by atoms with Crippen molar-refractivity contribution in [3.8, 4) is 5.75 Å². The van der Waals surface area contributed by atoms with Crippen molar-refractivity contribution >= 4 is 27.7 Å². The van der Waals surface area contributed by atoms with E-state index < -0.39 is 10.0 Å². The van der Waals surface area contributed by atoms with Gasteiger partial charge in [0, 0.05) is 24.4 Å². The van der Waals surface area contributed by atoms with Crippen LogP contribution in [-0.4, -0.2) is 48.9 Å². The van der Waals surface area contributed by atoms with Crippen molar-refractivity contribution in [2.45, 2.75) is 23.5 Å². The molecule has 11 heteroatoms. The van der Waals surface area contributed by atoms with Gasteiger partial charge in [0.05, 0.1) is 7.11 Å². The maximum absolute atomic E-state index is 12.8. The van der Waals surface area contributed by atoms with Crippen molar-refractivity contribution in [2.75, 3.05) is 19.4 Å². The Morgan fingerprint density at radius 1 is 1.19 bits per heavy atom. The van der Waals surface area contributed by atoms with E-state index in [1.807, 2.05) is 37.3 Å². The molecule has 1 amide bonds. The zero-order valence-electron chi connectivity index (χ0n) is 17.1. The molecular weight excluding hydrogens is 438 g/mol. The number of nitrogens with zero attached hydrogens (tertiary/aromatic N) is 2. The number of aryl methyl sites for hydroxylation is 1. The molecule has 0 aliphatic carbocycles. The summed E-state index contributed by atoms with van der Waals surface area (Å²) < 4.78 is 33.4. The molecule has 31 heavy (non-hydrogen) atoms. The number of benzene rings is 2. The lowest BCUT2D eigenvalue weighted by molar-refractivity contribution is 0.0956. The molecule has 0 unspecified atom stereocenters. The average Bonchev–Trinajstić information content (AvgIpc) is 3.20. The lowest BCUT2D eigenvalue weighted by Gasteiger charge is -2.13. The van der Waals surface area contributed by atoms with Crippen molar-refractivity contribution in [1.82, 2.24) is 25.2 Å². The van der Waals surface area contributed by atoms with Gasteiger partial charge in [-0.25, -0.2) is 18.1 Å². The van der Waals surface area contributed by atoms with Crippen LogP contribution in [0.5, 0.6) is 5.75 Å². The second-order valence-corrected chi connectivity index (χ2v) is 9.28. The molecule has 2 aromatic carbocycles. The quantitative estimate of drug-likeness (QED) is 0.312. The standard InChI is InChI=1S/C20H23N5O4S2/c1-14-23-20(25-24-14)30-11-10-21-19(26)16-8-9-17(29-2)18(12-16)31(27,28)22-13-15-6-4-3-5-7-15/h3-9,12,22H,10-11,13H2,1-2H3,(H,21,26)(H,23,24,25). The first-order valence-corrected chi connectivity index (χ1v) is 11.9. The second kappa shape index (κ2) is 10.4. The third-order valence-corrected chi connectivity index (χ3v) is 6.49. The Morgan fingerprint density at radius 3 is 2.65 bits per heavy atom. The predicted octanol–water partition coefficient (Wildman–Crippen LogP) is 2.12. The molecule has 0 atom stereocenters. The highest BCUT2D eigenvalue weighted by Gasteiger charge is 2.21. The summed E-state index contributed by atoms with van der Waals surface area (Å²) in [5, 5.41) is 10.1. The van der Waals surface area contributed by atoms with Gasteiger partial charge in [-0.2, -0.15) is 0 Å². The van der Waals surface area contributed by atoms with E-state index in [1.165, 1.54) is 37.1 Å². The highest BCUT2D eigenvalue weighted by molar-refractivity contribution is 7.99. The molecule has 0 bridgehead atoms. The maximum Gasteiger partial charge on any atom is 0.251 e. The molecule has 3 aromatic rings. The molecule has 0 radical (unpaired) electrons. The summed E-state index contributed by atoms with van der Waals surface area (Å²) in [5.41, 5.74) is 1.04. The zero-order chi connectivity index (χ0) is 22.3. The number of carbonyl (C=O) groups is 1. The summed E-state index contributed by atoms with van der Waals surface area (Å²) in [6.45, 7) is 2.31. The Kier molecular flexibility index (Phi) is 7.66. The molecule has 164 valence electrons. The number of thioether (sulfide) groups is 1. The molecule has 0 saturated heterocycles. The summed E-state index contributed by atoms with van der Waals surface area (Å²) >= 11 is 1.40. The van der Waals surface area contributed by atoms with E-state index >= 15 is 0 Å². The minimum atomic E-state index is -3.90. The lowest BCUT2D eigenvalue weighted by atomic mass is 10.2. The minimum absolute atomic E-state index is 0.0934. The molecule has 3 N–H and O–H groups in total. The first kappa shape index (κ1) is 22.8. The number of rotatable bonds is 10. The minimum Gasteiger partial charge on any atom is -0.495 e. The zero-order valence-corrected chi connectivity index (χ0v) is 18.7. The highest BCUT2D eigenvalue weighted by atomic mass is 32.2. The fourth-order valence-corrected chi connectivity index (χ4v) is 4.58. The van der Waals surface area contributed by atoms with Gasteiger partial charge in [0.1, 0.15) is 16.5 Å². The molecule has 1 aromatic heterocycles. The number of sulfonamides is 1. The highest BCUT2D eigenvalue weighted by Crippen LogP contribution is 2.25. The Hall–Kier alpha value is -2.89. The third-order valence-electron chi connectivity index (χ3n) is 4.22. The number of nitrogens with one attached hydrogen (secondary N) is 3. The van der Waals surface area contributed by atoms with E-state index in [1.54, 1.807) is 0 Å². The topological polar surface area (TPSA) is 126 Å². The average molecular weight is 462 g/mol. The third kappa shape index (κ3) is 6.29. The van der Waals surface area contributed by atoms with Crippen LogP contribution in [0, 0.1) is 6.92 Å².